The maximum absolute atomic E-state index is 11.3. The average Bonchev–Trinajstić information content (AvgIpc) is 2.97. The molecule has 0 spiro atoms. The molecule has 2 aliphatic heterocycles. The van der Waals surface area contributed by atoms with Crippen molar-refractivity contribution in [2.45, 2.75) is 32.5 Å². The lowest BCUT2D eigenvalue weighted by atomic mass is 10.1. The van der Waals surface area contributed by atoms with Crippen molar-refractivity contribution >= 4 is 24.0 Å². The third-order valence-electron chi connectivity index (χ3n) is 3.88. The van der Waals surface area contributed by atoms with E-state index < -0.39 is 0 Å². The number of carbonyl (C=O) groups excluding carboxylic acids is 1. The van der Waals surface area contributed by atoms with Crippen molar-refractivity contribution in [1.82, 2.24) is 10.2 Å². The van der Waals surface area contributed by atoms with E-state index >= 15 is 0 Å². The van der Waals surface area contributed by atoms with Crippen LogP contribution in [0.2, 0.25) is 0 Å². The Morgan fingerprint density at radius 1 is 1.42 bits per heavy atom. The van der Waals surface area contributed by atoms with Crippen molar-refractivity contribution in [2.24, 2.45) is 0 Å². The van der Waals surface area contributed by atoms with Crippen LogP contribution in [-0.4, -0.2) is 29.9 Å². The Kier molecular flexibility index (Phi) is 4.32. The average molecular weight is 282 g/mol. The zero-order valence-corrected chi connectivity index (χ0v) is 11.9. The molecule has 0 aromatic heterocycles. The number of nitrogens with zero attached hydrogens (tertiary/aromatic N) is 1. The van der Waals surface area contributed by atoms with Crippen molar-refractivity contribution in [3.05, 3.63) is 29.3 Å². The number of halogens is 1. The van der Waals surface area contributed by atoms with Crippen LogP contribution in [0, 0.1) is 0 Å². The predicted octanol–water partition coefficient (Wildman–Crippen LogP) is 1.74. The Morgan fingerprint density at radius 2 is 2.26 bits per heavy atom. The first-order valence-corrected chi connectivity index (χ1v) is 6.57. The van der Waals surface area contributed by atoms with Gasteiger partial charge in [-0.3, -0.25) is 4.79 Å². The first kappa shape index (κ1) is 14.2. The fraction of sp³-hybridized carbons (Fsp3) is 0.500. The molecular formula is C14H20ClN3O. The van der Waals surface area contributed by atoms with Crippen LogP contribution < -0.4 is 10.6 Å². The molecule has 4 nitrogen and oxygen atoms in total. The van der Waals surface area contributed by atoms with Gasteiger partial charge in [0, 0.05) is 44.8 Å². The number of hydrogen-bond donors (Lipinski definition) is 2. The molecule has 1 aromatic carbocycles. The van der Waals surface area contributed by atoms with Gasteiger partial charge in [0.15, 0.2) is 0 Å². The van der Waals surface area contributed by atoms with E-state index in [1.165, 1.54) is 16.8 Å². The van der Waals surface area contributed by atoms with Gasteiger partial charge in [0.2, 0.25) is 5.91 Å². The molecule has 2 heterocycles. The van der Waals surface area contributed by atoms with Crippen LogP contribution in [0.15, 0.2) is 18.2 Å². The van der Waals surface area contributed by atoms with E-state index in [4.69, 9.17) is 0 Å². The third kappa shape index (κ3) is 2.85. The molecule has 1 saturated heterocycles. The zero-order chi connectivity index (χ0) is 12.5. The Bertz CT molecular complexity index is 478. The van der Waals surface area contributed by atoms with Gasteiger partial charge < -0.3 is 15.5 Å². The van der Waals surface area contributed by atoms with E-state index in [9.17, 15) is 4.79 Å². The summed E-state index contributed by atoms with van der Waals surface area (Å²) in [6.07, 6.45) is 1.04. The molecule has 0 saturated carbocycles. The van der Waals surface area contributed by atoms with Gasteiger partial charge in [0.1, 0.15) is 0 Å². The van der Waals surface area contributed by atoms with Crippen LogP contribution in [0.1, 0.15) is 24.5 Å². The summed E-state index contributed by atoms with van der Waals surface area (Å²) in [7, 11) is 0. The smallest absolute Gasteiger partial charge is 0.219 e. The summed E-state index contributed by atoms with van der Waals surface area (Å²) in [6.45, 7) is 5.26. The summed E-state index contributed by atoms with van der Waals surface area (Å²) < 4.78 is 0. The molecule has 1 aromatic rings. The largest absolute Gasteiger partial charge is 0.380 e. The van der Waals surface area contributed by atoms with Crippen LogP contribution in [-0.2, 0) is 17.9 Å². The van der Waals surface area contributed by atoms with E-state index in [1.807, 2.05) is 4.90 Å². The van der Waals surface area contributed by atoms with Crippen molar-refractivity contribution in [3.63, 3.8) is 0 Å². The molecule has 3 rings (SSSR count). The maximum atomic E-state index is 11.3. The second-order valence-corrected chi connectivity index (χ2v) is 5.14. The minimum Gasteiger partial charge on any atom is -0.380 e. The summed E-state index contributed by atoms with van der Waals surface area (Å²) in [4.78, 5) is 13.2. The molecule has 2 aliphatic rings. The number of benzene rings is 1. The van der Waals surface area contributed by atoms with Crippen molar-refractivity contribution in [1.29, 1.82) is 0 Å². The SMILES string of the molecule is CC(=O)N1CCC(Nc2cccc3c2CNC3)C1.Cl. The van der Waals surface area contributed by atoms with E-state index in [-0.39, 0.29) is 18.3 Å². The van der Waals surface area contributed by atoms with Crippen molar-refractivity contribution < 1.29 is 4.79 Å². The molecule has 104 valence electrons. The van der Waals surface area contributed by atoms with Gasteiger partial charge in [0.05, 0.1) is 0 Å². The molecule has 1 amide bonds. The first-order valence-electron chi connectivity index (χ1n) is 6.57. The third-order valence-corrected chi connectivity index (χ3v) is 3.88. The molecular weight excluding hydrogens is 262 g/mol. The van der Waals surface area contributed by atoms with Crippen LogP contribution in [0.4, 0.5) is 5.69 Å². The molecule has 1 atom stereocenters. The van der Waals surface area contributed by atoms with Gasteiger partial charge in [-0.2, -0.15) is 0 Å². The number of rotatable bonds is 2. The molecule has 19 heavy (non-hydrogen) atoms. The highest BCUT2D eigenvalue weighted by Gasteiger charge is 2.25. The molecule has 0 radical (unpaired) electrons. The Labute approximate surface area is 120 Å². The number of hydrogen-bond acceptors (Lipinski definition) is 3. The maximum Gasteiger partial charge on any atom is 0.219 e. The Balaban J connectivity index is 0.00000133. The monoisotopic (exact) mass is 281 g/mol. The minimum atomic E-state index is 0. The van der Waals surface area contributed by atoms with Crippen LogP contribution in [0.5, 0.6) is 0 Å². The zero-order valence-electron chi connectivity index (χ0n) is 11.1. The summed E-state index contributed by atoms with van der Waals surface area (Å²) in [5, 5.41) is 6.97. The van der Waals surface area contributed by atoms with Crippen molar-refractivity contribution in [3.8, 4) is 0 Å². The normalized spacial score (nSPS) is 20.9. The van der Waals surface area contributed by atoms with Gasteiger partial charge in [-0.05, 0) is 23.6 Å². The van der Waals surface area contributed by atoms with Gasteiger partial charge in [-0.25, -0.2) is 0 Å². The lowest BCUT2D eigenvalue weighted by molar-refractivity contribution is -0.127. The van der Waals surface area contributed by atoms with E-state index in [1.54, 1.807) is 6.92 Å². The molecule has 0 bridgehead atoms. The van der Waals surface area contributed by atoms with Gasteiger partial charge in [0.25, 0.3) is 0 Å². The van der Waals surface area contributed by atoms with Crippen LogP contribution in [0.3, 0.4) is 0 Å². The molecule has 2 N–H and O–H groups in total. The second kappa shape index (κ2) is 5.80. The number of anilines is 1. The number of nitrogens with one attached hydrogen (secondary N) is 2. The van der Waals surface area contributed by atoms with Crippen LogP contribution in [0.25, 0.3) is 0 Å². The summed E-state index contributed by atoms with van der Waals surface area (Å²) >= 11 is 0. The lowest BCUT2D eigenvalue weighted by Gasteiger charge is -2.18. The predicted molar refractivity (Wildman–Crippen MR) is 78.5 cm³/mol. The van der Waals surface area contributed by atoms with Crippen molar-refractivity contribution in [2.75, 3.05) is 18.4 Å². The summed E-state index contributed by atoms with van der Waals surface area (Å²) in [5.74, 6) is 0.180. The van der Waals surface area contributed by atoms with E-state index in [0.29, 0.717) is 6.04 Å². The highest BCUT2D eigenvalue weighted by Crippen LogP contribution is 2.26. The highest BCUT2D eigenvalue weighted by molar-refractivity contribution is 5.85. The summed E-state index contributed by atoms with van der Waals surface area (Å²) in [5.41, 5.74) is 4.01. The molecule has 1 fully saturated rings. The number of fused-ring (bicyclic) bond motifs is 1. The van der Waals surface area contributed by atoms with E-state index in [0.717, 1.165) is 32.6 Å². The molecule has 1 unspecified atom stereocenters. The van der Waals surface area contributed by atoms with Gasteiger partial charge in [-0.15, -0.1) is 12.4 Å². The second-order valence-electron chi connectivity index (χ2n) is 5.14. The fourth-order valence-corrected chi connectivity index (χ4v) is 2.85. The first-order chi connectivity index (χ1) is 8.74. The number of amides is 1. The van der Waals surface area contributed by atoms with Gasteiger partial charge >= 0.3 is 0 Å². The molecule has 5 heteroatoms. The van der Waals surface area contributed by atoms with Crippen LogP contribution >= 0.6 is 12.4 Å². The minimum absolute atomic E-state index is 0. The standard InChI is InChI=1S/C14H19N3O.ClH/c1-10(18)17-6-5-12(9-17)16-14-4-2-3-11-7-15-8-13(11)14;/h2-4,12,15-16H,5-9H2,1H3;1H. The Hall–Kier alpha value is -1.26. The quantitative estimate of drug-likeness (QED) is 0.868. The number of likely N-dealkylation sites (tertiary alicyclic amines) is 1. The summed E-state index contributed by atoms with van der Waals surface area (Å²) in [6, 6.07) is 6.81. The number of carbonyl (C=O) groups is 1. The van der Waals surface area contributed by atoms with E-state index in [2.05, 4.69) is 28.8 Å². The fourth-order valence-electron chi connectivity index (χ4n) is 2.85. The Morgan fingerprint density at radius 3 is 3.00 bits per heavy atom. The molecule has 0 aliphatic carbocycles. The highest BCUT2D eigenvalue weighted by atomic mass is 35.5. The topological polar surface area (TPSA) is 44.4 Å². The lowest BCUT2D eigenvalue weighted by Crippen LogP contribution is -2.29. The van der Waals surface area contributed by atoms with Gasteiger partial charge in [-0.1, -0.05) is 12.1 Å².